The molecule has 0 saturated carbocycles. The molecule has 0 bridgehead atoms. The van der Waals surface area contributed by atoms with Crippen molar-refractivity contribution in [3.8, 4) is 0 Å². The third-order valence-corrected chi connectivity index (χ3v) is 7.12. The Hall–Kier alpha value is -3.95. The number of amides is 2. The summed E-state index contributed by atoms with van der Waals surface area (Å²) in [7, 11) is 0. The molecule has 10 nitrogen and oxygen atoms in total. The number of ketones is 2. The van der Waals surface area contributed by atoms with Crippen LogP contribution in [-0.4, -0.2) is 51.9 Å². The molecule has 40 heavy (non-hydrogen) atoms. The predicted octanol–water partition coefficient (Wildman–Crippen LogP) is 2.38. The highest BCUT2D eigenvalue weighted by atomic mass is 16.5. The average Bonchev–Trinajstić information content (AvgIpc) is 2.98. The maximum absolute atomic E-state index is 13.5. The van der Waals surface area contributed by atoms with Gasteiger partial charge in [0, 0.05) is 37.2 Å². The first-order chi connectivity index (χ1) is 19.1. The molecule has 2 heterocycles. The highest BCUT2D eigenvalue weighted by molar-refractivity contribution is 6.37. The molecule has 0 saturated heterocycles. The summed E-state index contributed by atoms with van der Waals surface area (Å²) in [6, 6.07) is 8.35. The van der Waals surface area contributed by atoms with E-state index in [1.54, 1.807) is 20.0 Å². The number of aromatic nitrogens is 2. The number of carbonyl (C=O) groups excluding carboxylic acids is 5. The van der Waals surface area contributed by atoms with Crippen LogP contribution in [0.25, 0.3) is 0 Å². The molecule has 1 aromatic heterocycles. The van der Waals surface area contributed by atoms with Gasteiger partial charge in [0.25, 0.3) is 5.91 Å². The summed E-state index contributed by atoms with van der Waals surface area (Å²) in [6.45, 7) is 7.61. The third-order valence-electron chi connectivity index (χ3n) is 7.12. The van der Waals surface area contributed by atoms with Crippen LogP contribution in [0.15, 0.2) is 42.9 Å². The first-order valence-electron chi connectivity index (χ1n) is 13.7. The minimum atomic E-state index is -0.914. The molecule has 0 radical (unpaired) electrons. The summed E-state index contributed by atoms with van der Waals surface area (Å²) in [6.07, 6.45) is 3.26. The lowest BCUT2D eigenvalue weighted by atomic mass is 9.85. The van der Waals surface area contributed by atoms with E-state index < -0.39 is 41.4 Å². The van der Waals surface area contributed by atoms with Crippen LogP contribution >= 0.6 is 0 Å². The van der Waals surface area contributed by atoms with Crippen molar-refractivity contribution < 1.29 is 28.7 Å². The number of fused-ring (bicyclic) bond motifs is 1. The fourth-order valence-corrected chi connectivity index (χ4v) is 4.73. The second-order valence-electron chi connectivity index (χ2n) is 10.9. The Morgan fingerprint density at radius 1 is 1.07 bits per heavy atom. The van der Waals surface area contributed by atoms with E-state index >= 15 is 0 Å². The zero-order valence-electron chi connectivity index (χ0n) is 23.5. The number of hydrogen-bond acceptors (Lipinski definition) is 8. The smallest absolute Gasteiger partial charge is 0.306 e. The zero-order chi connectivity index (χ0) is 29.2. The Morgan fingerprint density at radius 2 is 1.80 bits per heavy atom. The number of nitrogens with one attached hydrogen (secondary N) is 2. The summed E-state index contributed by atoms with van der Waals surface area (Å²) < 4.78 is 5.37. The second-order valence-corrected chi connectivity index (χ2v) is 10.9. The molecule has 3 atom stereocenters. The van der Waals surface area contributed by atoms with Crippen molar-refractivity contribution in [2.75, 3.05) is 6.54 Å². The maximum Gasteiger partial charge on any atom is 0.306 e. The molecule has 0 spiro atoms. The van der Waals surface area contributed by atoms with E-state index in [2.05, 4.69) is 20.6 Å². The summed E-state index contributed by atoms with van der Waals surface area (Å²) in [4.78, 5) is 73.0. The number of carbonyl (C=O) groups is 5. The van der Waals surface area contributed by atoms with Crippen molar-refractivity contribution in [3.05, 3.63) is 59.7 Å². The molecule has 0 aliphatic carbocycles. The van der Waals surface area contributed by atoms with Crippen molar-refractivity contribution in [2.45, 2.75) is 66.0 Å². The van der Waals surface area contributed by atoms with Gasteiger partial charge in [-0.1, -0.05) is 58.0 Å². The van der Waals surface area contributed by atoms with Crippen LogP contribution in [0.1, 0.15) is 57.4 Å². The van der Waals surface area contributed by atoms with E-state index in [4.69, 9.17) is 4.74 Å². The number of nitrogens with zero attached hydrogens (tertiary/aromatic N) is 2. The fourth-order valence-electron chi connectivity index (χ4n) is 4.73. The number of Topliss-reactive ketones (excluding diaryl/α,β-unsaturated/α-hetero) is 2. The van der Waals surface area contributed by atoms with E-state index in [9.17, 15) is 24.0 Å². The van der Waals surface area contributed by atoms with Gasteiger partial charge >= 0.3 is 5.97 Å². The van der Waals surface area contributed by atoms with Crippen LogP contribution in [-0.2, 0) is 48.2 Å². The van der Waals surface area contributed by atoms with E-state index in [1.165, 1.54) is 6.33 Å². The van der Waals surface area contributed by atoms with Gasteiger partial charge in [-0.3, -0.25) is 24.0 Å². The lowest BCUT2D eigenvalue weighted by Crippen LogP contribution is -2.49. The Bertz CT molecular complexity index is 1210. The monoisotopic (exact) mass is 550 g/mol. The topological polar surface area (TPSA) is 144 Å². The summed E-state index contributed by atoms with van der Waals surface area (Å²) in [5.74, 6) is -4.82. The van der Waals surface area contributed by atoms with Gasteiger partial charge in [-0.25, -0.2) is 9.97 Å². The number of rotatable bonds is 11. The normalized spacial score (nSPS) is 17.1. The van der Waals surface area contributed by atoms with Crippen LogP contribution < -0.4 is 10.6 Å². The van der Waals surface area contributed by atoms with Crippen LogP contribution in [0, 0.1) is 23.7 Å². The summed E-state index contributed by atoms with van der Waals surface area (Å²) in [5.41, 5.74) is 2.27. The van der Waals surface area contributed by atoms with Crippen molar-refractivity contribution >= 4 is 29.4 Å². The van der Waals surface area contributed by atoms with E-state index in [1.807, 2.05) is 44.2 Å². The van der Waals surface area contributed by atoms with Gasteiger partial charge in [-0.15, -0.1) is 0 Å². The highest BCUT2D eigenvalue weighted by Crippen LogP contribution is 2.22. The predicted molar refractivity (Wildman–Crippen MR) is 147 cm³/mol. The molecule has 0 fully saturated rings. The first-order valence-corrected chi connectivity index (χ1v) is 13.7. The largest absolute Gasteiger partial charge is 0.461 e. The molecule has 2 N–H and O–H groups in total. The Morgan fingerprint density at radius 3 is 2.48 bits per heavy atom. The summed E-state index contributed by atoms with van der Waals surface area (Å²) >= 11 is 0. The van der Waals surface area contributed by atoms with E-state index in [0.29, 0.717) is 12.0 Å². The number of esters is 1. The molecule has 2 aromatic rings. The van der Waals surface area contributed by atoms with Crippen molar-refractivity contribution in [3.63, 3.8) is 0 Å². The molecular formula is C30H38N4O6. The van der Waals surface area contributed by atoms with Crippen molar-refractivity contribution in [1.29, 1.82) is 0 Å². The molecule has 10 heteroatoms. The third kappa shape index (κ3) is 8.53. The van der Waals surface area contributed by atoms with Crippen molar-refractivity contribution in [1.82, 2.24) is 20.6 Å². The van der Waals surface area contributed by atoms with Crippen LogP contribution in [0.4, 0.5) is 0 Å². The highest BCUT2D eigenvalue weighted by Gasteiger charge is 2.35. The molecule has 3 rings (SSSR count). The van der Waals surface area contributed by atoms with Gasteiger partial charge in [-0.2, -0.15) is 0 Å². The zero-order valence-corrected chi connectivity index (χ0v) is 23.5. The number of ether oxygens (including phenoxy) is 1. The van der Waals surface area contributed by atoms with Gasteiger partial charge in [0.15, 0.2) is 5.78 Å². The van der Waals surface area contributed by atoms with Gasteiger partial charge in [0.2, 0.25) is 11.7 Å². The molecule has 1 aliphatic heterocycles. The van der Waals surface area contributed by atoms with E-state index in [0.717, 1.165) is 11.3 Å². The van der Waals surface area contributed by atoms with Gasteiger partial charge < -0.3 is 15.4 Å². The Labute approximate surface area is 234 Å². The minimum absolute atomic E-state index is 0.108. The lowest BCUT2D eigenvalue weighted by molar-refractivity contribution is -0.149. The maximum atomic E-state index is 13.5. The second kappa shape index (κ2) is 14.4. The van der Waals surface area contributed by atoms with E-state index in [-0.39, 0.29) is 50.0 Å². The molecule has 1 aliphatic rings. The SMILES string of the molecule is CC(C)C(CC(=O)OCc1ccccc1)C(=O)NC(C(=O)CC1Cc2cncnc2CCNC(=O)C1=O)C(C)C. The average molecular weight is 551 g/mol. The number of hydrogen-bond donors (Lipinski definition) is 2. The molecule has 3 unspecified atom stereocenters. The summed E-state index contributed by atoms with van der Waals surface area (Å²) in [5, 5.41) is 5.41. The standard InChI is InChI=1S/C30H38N4O6/c1-18(2)23(14-26(36)40-16-20-8-6-5-7-9-20)29(38)34-27(19(3)4)25(35)13-21-12-22-15-31-17-33-24(22)10-11-32-30(39)28(21)37/h5-9,15,17-19,21,23,27H,10-14,16H2,1-4H3,(H,32,39)(H,34,38). The fraction of sp³-hybridized carbons (Fsp3) is 0.500. The quantitative estimate of drug-likeness (QED) is 0.321. The minimum Gasteiger partial charge on any atom is -0.461 e. The lowest BCUT2D eigenvalue weighted by Gasteiger charge is -2.27. The molecule has 214 valence electrons. The van der Waals surface area contributed by atoms with Gasteiger partial charge in [0.1, 0.15) is 12.9 Å². The van der Waals surface area contributed by atoms with Crippen LogP contribution in [0.5, 0.6) is 0 Å². The van der Waals surface area contributed by atoms with Gasteiger partial charge in [-0.05, 0) is 29.4 Å². The molecule has 1 aromatic carbocycles. The Kier molecular flexibility index (Phi) is 11.0. The first kappa shape index (κ1) is 30.6. The Balaban J connectivity index is 1.69. The van der Waals surface area contributed by atoms with Crippen molar-refractivity contribution in [2.24, 2.45) is 23.7 Å². The molecule has 2 amide bonds. The van der Waals surface area contributed by atoms with Crippen LogP contribution in [0.3, 0.4) is 0 Å². The number of benzene rings is 1. The molecular weight excluding hydrogens is 512 g/mol. The van der Waals surface area contributed by atoms with Crippen LogP contribution in [0.2, 0.25) is 0 Å². The van der Waals surface area contributed by atoms with Gasteiger partial charge in [0.05, 0.1) is 18.4 Å².